The van der Waals surface area contributed by atoms with E-state index in [4.69, 9.17) is 4.98 Å². The van der Waals surface area contributed by atoms with Crippen LogP contribution in [-0.2, 0) is 16.1 Å². The van der Waals surface area contributed by atoms with Gasteiger partial charge in [0.15, 0.2) is 0 Å². The fraction of sp³-hybridized carbons (Fsp3) is 0.383. The SMILES string of the molecule is Cc1cc(-c2ccnc(Nc3ccc(N4CCN(CC5CCN(C(=O)c6cccc(NC7CCC(=O)NC7=O)c6)CC5)CC4)cc3)n2)ccc1CNC(=O)c1cnn(C(C)C)c1. The molecule has 0 spiro atoms. The standard InChI is InChI=1S/C47H55N11O4/c1-31(2)58-30-37(28-50-58)44(60)49-27-36-8-7-34(25-32(36)3)41-15-18-48-47(53-41)52-38-9-11-40(12-10-38)56-23-21-55(22-24-56)29-33-16-19-57(20-17-33)46(62)35-5-4-6-39(26-35)51-42-13-14-43(59)54-45(42)61/h4-12,15,18,25-26,28,30-31,33,42,51H,13-14,16-17,19-24,27,29H2,1-3H3,(H,49,60)(H,48,52,53)(H,54,59,61). The second-order valence-corrected chi connectivity index (χ2v) is 16.8. The van der Waals surface area contributed by atoms with E-state index in [1.54, 1.807) is 29.3 Å². The van der Waals surface area contributed by atoms with Gasteiger partial charge in [-0.05, 0) is 112 Å². The smallest absolute Gasteiger partial charge is 0.254 e. The molecule has 5 aromatic rings. The van der Waals surface area contributed by atoms with E-state index in [2.05, 4.69) is 71.5 Å². The average molecular weight is 838 g/mol. The average Bonchev–Trinajstić information content (AvgIpc) is 3.79. The second-order valence-electron chi connectivity index (χ2n) is 16.8. The van der Waals surface area contributed by atoms with Crippen LogP contribution in [0, 0.1) is 12.8 Å². The van der Waals surface area contributed by atoms with Gasteiger partial charge in [-0.2, -0.15) is 5.10 Å². The number of hydrogen-bond donors (Lipinski definition) is 4. The normalized spacial score (nSPS) is 17.5. The lowest BCUT2D eigenvalue weighted by atomic mass is 9.95. The first-order chi connectivity index (χ1) is 30.0. The van der Waals surface area contributed by atoms with Gasteiger partial charge in [-0.15, -0.1) is 0 Å². The van der Waals surface area contributed by atoms with Gasteiger partial charge in [0, 0.05) is 105 Å². The zero-order valence-electron chi connectivity index (χ0n) is 35.6. The number of hydrogen-bond acceptors (Lipinski definition) is 11. The van der Waals surface area contributed by atoms with Crippen molar-refractivity contribution < 1.29 is 19.2 Å². The van der Waals surface area contributed by atoms with Crippen molar-refractivity contribution in [3.8, 4) is 11.3 Å². The predicted molar refractivity (Wildman–Crippen MR) is 239 cm³/mol. The van der Waals surface area contributed by atoms with E-state index < -0.39 is 6.04 Å². The first-order valence-electron chi connectivity index (χ1n) is 21.6. The molecule has 0 saturated carbocycles. The van der Waals surface area contributed by atoms with Gasteiger partial charge in [0.2, 0.25) is 17.8 Å². The summed E-state index contributed by atoms with van der Waals surface area (Å²) >= 11 is 0. The van der Waals surface area contributed by atoms with Gasteiger partial charge in [0.25, 0.3) is 11.8 Å². The highest BCUT2D eigenvalue weighted by Gasteiger charge is 2.29. The van der Waals surface area contributed by atoms with E-state index in [1.807, 2.05) is 62.1 Å². The third-order valence-corrected chi connectivity index (χ3v) is 12.1. The number of piperazine rings is 1. The molecule has 62 heavy (non-hydrogen) atoms. The number of benzene rings is 3. The predicted octanol–water partition coefficient (Wildman–Crippen LogP) is 5.79. The Morgan fingerprint density at radius 2 is 1.66 bits per heavy atom. The van der Waals surface area contributed by atoms with Gasteiger partial charge in [0.1, 0.15) is 6.04 Å². The fourth-order valence-electron chi connectivity index (χ4n) is 8.36. The van der Waals surface area contributed by atoms with E-state index in [0.717, 1.165) is 86.7 Å². The molecular weight excluding hydrogens is 783 g/mol. The van der Waals surface area contributed by atoms with Crippen LogP contribution in [0.25, 0.3) is 11.3 Å². The monoisotopic (exact) mass is 837 g/mol. The van der Waals surface area contributed by atoms with Gasteiger partial charge in [0.05, 0.1) is 17.5 Å². The van der Waals surface area contributed by atoms with Gasteiger partial charge >= 0.3 is 0 Å². The van der Waals surface area contributed by atoms with Crippen molar-refractivity contribution in [1.82, 2.24) is 40.2 Å². The molecule has 3 saturated heterocycles. The number of nitrogens with one attached hydrogen (secondary N) is 4. The summed E-state index contributed by atoms with van der Waals surface area (Å²) in [5.74, 6) is 0.345. The summed E-state index contributed by atoms with van der Waals surface area (Å²) in [5, 5.41) is 16.2. The largest absolute Gasteiger partial charge is 0.374 e. The number of likely N-dealkylation sites (tertiary alicyclic amines) is 1. The summed E-state index contributed by atoms with van der Waals surface area (Å²) in [6.45, 7) is 12.9. The minimum absolute atomic E-state index is 0.0100. The molecule has 3 aromatic carbocycles. The molecule has 1 unspecified atom stereocenters. The quantitative estimate of drug-likeness (QED) is 0.106. The molecule has 1 atom stereocenters. The van der Waals surface area contributed by atoms with Crippen molar-refractivity contribution in [2.24, 2.45) is 5.92 Å². The van der Waals surface area contributed by atoms with Crippen molar-refractivity contribution in [1.29, 1.82) is 0 Å². The first-order valence-corrected chi connectivity index (χ1v) is 21.6. The van der Waals surface area contributed by atoms with Crippen LogP contribution in [0.3, 0.4) is 0 Å². The Balaban J connectivity index is 0.767. The molecule has 4 amide bonds. The molecular formula is C47H55N11O4. The molecule has 15 heteroatoms. The molecule has 4 N–H and O–H groups in total. The zero-order valence-corrected chi connectivity index (χ0v) is 35.6. The van der Waals surface area contributed by atoms with Crippen LogP contribution in [0.4, 0.5) is 23.0 Å². The van der Waals surface area contributed by atoms with Crippen LogP contribution in [-0.4, -0.2) is 105 Å². The van der Waals surface area contributed by atoms with Gasteiger partial charge in [-0.25, -0.2) is 9.97 Å². The maximum atomic E-state index is 13.4. The maximum Gasteiger partial charge on any atom is 0.254 e. The van der Waals surface area contributed by atoms with E-state index >= 15 is 0 Å². The van der Waals surface area contributed by atoms with E-state index in [1.165, 1.54) is 5.69 Å². The number of rotatable bonds is 13. The number of piperidine rings is 2. The number of carbonyl (C=O) groups is 4. The number of nitrogens with zero attached hydrogens (tertiary/aromatic N) is 7. The highest BCUT2D eigenvalue weighted by atomic mass is 16.2. The van der Waals surface area contributed by atoms with E-state index in [9.17, 15) is 19.2 Å². The summed E-state index contributed by atoms with van der Waals surface area (Å²) in [5.41, 5.74) is 7.81. The Morgan fingerprint density at radius 3 is 2.39 bits per heavy atom. The summed E-state index contributed by atoms with van der Waals surface area (Å²) in [6, 6.07) is 23.5. The number of amides is 4. The fourth-order valence-corrected chi connectivity index (χ4v) is 8.36. The van der Waals surface area contributed by atoms with Gasteiger partial charge in [-0.3, -0.25) is 34.1 Å². The second kappa shape index (κ2) is 19.0. The van der Waals surface area contributed by atoms with Crippen LogP contribution in [0.15, 0.2) is 91.4 Å². The molecule has 5 heterocycles. The van der Waals surface area contributed by atoms with Crippen molar-refractivity contribution >= 4 is 46.6 Å². The minimum Gasteiger partial charge on any atom is -0.374 e. The van der Waals surface area contributed by atoms with Crippen LogP contribution in [0.2, 0.25) is 0 Å². The number of carbonyl (C=O) groups excluding carboxylic acids is 4. The summed E-state index contributed by atoms with van der Waals surface area (Å²) in [6.07, 6.45) is 7.81. The molecule has 0 aliphatic carbocycles. The van der Waals surface area contributed by atoms with Crippen LogP contribution in [0.1, 0.15) is 77.4 Å². The topological polar surface area (TPSA) is 170 Å². The lowest BCUT2D eigenvalue weighted by molar-refractivity contribution is -0.133. The van der Waals surface area contributed by atoms with Crippen molar-refractivity contribution in [2.75, 3.05) is 61.3 Å². The molecule has 3 aliphatic heterocycles. The van der Waals surface area contributed by atoms with Gasteiger partial charge in [-0.1, -0.05) is 18.2 Å². The molecule has 3 aliphatic rings. The van der Waals surface area contributed by atoms with E-state index in [0.29, 0.717) is 48.1 Å². The van der Waals surface area contributed by atoms with Crippen LogP contribution in [0.5, 0.6) is 0 Å². The van der Waals surface area contributed by atoms with Crippen molar-refractivity contribution in [3.05, 3.63) is 114 Å². The molecule has 15 nitrogen and oxygen atoms in total. The van der Waals surface area contributed by atoms with E-state index in [-0.39, 0.29) is 29.7 Å². The maximum absolute atomic E-state index is 13.4. The molecule has 0 radical (unpaired) electrons. The summed E-state index contributed by atoms with van der Waals surface area (Å²) in [7, 11) is 0. The van der Waals surface area contributed by atoms with Crippen LogP contribution >= 0.6 is 0 Å². The third-order valence-electron chi connectivity index (χ3n) is 12.1. The molecule has 322 valence electrons. The Hall–Kier alpha value is -6.61. The lowest BCUT2D eigenvalue weighted by Gasteiger charge is -2.39. The van der Waals surface area contributed by atoms with Gasteiger partial charge < -0.3 is 25.8 Å². The number of imide groups is 1. The van der Waals surface area contributed by atoms with Crippen molar-refractivity contribution in [3.63, 3.8) is 0 Å². The lowest BCUT2D eigenvalue weighted by Crippen LogP contribution is -2.49. The Kier molecular flexibility index (Phi) is 12.9. The summed E-state index contributed by atoms with van der Waals surface area (Å²) < 4.78 is 1.77. The number of anilines is 4. The minimum atomic E-state index is -0.491. The molecule has 3 fully saturated rings. The molecule has 2 aromatic heterocycles. The highest BCUT2D eigenvalue weighted by Crippen LogP contribution is 2.26. The zero-order chi connectivity index (χ0) is 43.2. The molecule has 0 bridgehead atoms. The third kappa shape index (κ3) is 10.3. The highest BCUT2D eigenvalue weighted by molar-refractivity contribution is 6.01. The number of aromatic nitrogens is 4. The van der Waals surface area contributed by atoms with Crippen LogP contribution < -0.4 is 26.2 Å². The first kappa shape index (κ1) is 42.1. The van der Waals surface area contributed by atoms with Crippen molar-refractivity contribution in [2.45, 2.75) is 65.1 Å². The Labute approximate surface area is 362 Å². The number of aryl methyl sites for hydroxylation is 1. The summed E-state index contributed by atoms with van der Waals surface area (Å²) in [4.78, 5) is 66.1. The molecule has 8 rings (SSSR count). The Bertz CT molecular complexity index is 2400. The Morgan fingerprint density at radius 1 is 0.871 bits per heavy atom.